The second-order valence-corrected chi connectivity index (χ2v) is 5.05. The Kier molecular flexibility index (Phi) is 4.49. The van der Waals surface area contributed by atoms with Gasteiger partial charge in [-0.25, -0.2) is 9.78 Å². The van der Waals surface area contributed by atoms with Gasteiger partial charge in [0.15, 0.2) is 6.10 Å². The quantitative estimate of drug-likeness (QED) is 0.811. The molecular formula is C12H13BrN2O4. The molecule has 19 heavy (non-hydrogen) atoms. The molecule has 2 heterocycles. The number of hydrogen-bond donors (Lipinski definition) is 2. The average Bonchev–Trinajstić information content (AvgIpc) is 2.85. The Morgan fingerprint density at radius 3 is 2.95 bits per heavy atom. The van der Waals surface area contributed by atoms with Gasteiger partial charge in [-0.2, -0.15) is 0 Å². The summed E-state index contributed by atoms with van der Waals surface area (Å²) < 4.78 is 5.88. The zero-order valence-electron chi connectivity index (χ0n) is 10.0. The molecule has 1 fully saturated rings. The van der Waals surface area contributed by atoms with Crippen LogP contribution in [0.4, 0.5) is 0 Å². The molecule has 2 unspecified atom stereocenters. The molecule has 0 radical (unpaired) electrons. The third-order valence-corrected chi connectivity index (χ3v) is 3.30. The second-order valence-electron chi connectivity index (χ2n) is 4.24. The van der Waals surface area contributed by atoms with Gasteiger partial charge >= 0.3 is 5.97 Å². The van der Waals surface area contributed by atoms with E-state index >= 15 is 0 Å². The zero-order valence-corrected chi connectivity index (χ0v) is 11.6. The molecule has 1 aliphatic heterocycles. The summed E-state index contributed by atoms with van der Waals surface area (Å²) >= 11 is 3.19. The van der Waals surface area contributed by atoms with Gasteiger partial charge in [-0.3, -0.25) is 4.79 Å². The first-order valence-electron chi connectivity index (χ1n) is 5.84. The Bertz CT molecular complexity index is 494. The maximum atomic E-state index is 11.8. The fourth-order valence-electron chi connectivity index (χ4n) is 1.89. The fourth-order valence-corrected chi connectivity index (χ4v) is 2.25. The smallest absolute Gasteiger partial charge is 0.332 e. The first kappa shape index (κ1) is 14.0. The Morgan fingerprint density at radius 2 is 2.32 bits per heavy atom. The molecule has 1 aromatic rings. The minimum absolute atomic E-state index is 0.231. The third kappa shape index (κ3) is 3.74. The number of carboxylic acids is 1. The number of rotatable bonds is 4. The third-order valence-electron chi connectivity index (χ3n) is 2.86. The number of carbonyl (C=O) groups is 2. The van der Waals surface area contributed by atoms with Gasteiger partial charge in [0.2, 0.25) is 0 Å². The maximum Gasteiger partial charge on any atom is 0.332 e. The lowest BCUT2D eigenvalue weighted by molar-refractivity contribution is -0.149. The molecule has 0 saturated carbocycles. The van der Waals surface area contributed by atoms with Crippen molar-refractivity contribution in [1.29, 1.82) is 0 Å². The van der Waals surface area contributed by atoms with Gasteiger partial charge < -0.3 is 15.2 Å². The Labute approximate surface area is 118 Å². The molecule has 6 nitrogen and oxygen atoms in total. The van der Waals surface area contributed by atoms with E-state index in [4.69, 9.17) is 9.84 Å². The molecule has 1 saturated heterocycles. The van der Waals surface area contributed by atoms with Gasteiger partial charge in [-0.05, 0) is 40.9 Å². The fraction of sp³-hybridized carbons (Fsp3) is 0.417. The molecule has 2 rings (SSSR count). The lowest BCUT2D eigenvalue weighted by Gasteiger charge is -2.12. The van der Waals surface area contributed by atoms with Crippen molar-refractivity contribution in [3.05, 3.63) is 28.5 Å². The van der Waals surface area contributed by atoms with E-state index in [0.717, 1.165) is 0 Å². The highest BCUT2D eigenvalue weighted by Crippen LogP contribution is 2.19. The summed E-state index contributed by atoms with van der Waals surface area (Å²) in [4.78, 5) is 26.5. The normalized spacial score (nSPS) is 22.2. The Morgan fingerprint density at radius 1 is 1.53 bits per heavy atom. The van der Waals surface area contributed by atoms with Crippen LogP contribution in [0.2, 0.25) is 0 Å². The number of amides is 1. The lowest BCUT2D eigenvalue weighted by Crippen LogP contribution is -2.33. The van der Waals surface area contributed by atoms with E-state index in [2.05, 4.69) is 26.2 Å². The van der Waals surface area contributed by atoms with Crippen molar-refractivity contribution < 1.29 is 19.4 Å². The highest BCUT2D eigenvalue weighted by molar-refractivity contribution is 9.10. The van der Waals surface area contributed by atoms with Crippen LogP contribution in [0.5, 0.6) is 0 Å². The van der Waals surface area contributed by atoms with Crippen LogP contribution in [0.25, 0.3) is 0 Å². The van der Waals surface area contributed by atoms with Crippen LogP contribution >= 0.6 is 15.9 Å². The monoisotopic (exact) mass is 328 g/mol. The zero-order chi connectivity index (χ0) is 13.8. The number of hydrogen-bond acceptors (Lipinski definition) is 4. The predicted molar refractivity (Wildman–Crippen MR) is 69.8 cm³/mol. The van der Waals surface area contributed by atoms with Gasteiger partial charge in [0, 0.05) is 18.3 Å². The predicted octanol–water partition coefficient (Wildman–Crippen LogP) is 1.21. The second kappa shape index (κ2) is 6.12. The summed E-state index contributed by atoms with van der Waals surface area (Å²) in [6.07, 6.45) is 1.66. The average molecular weight is 329 g/mol. The number of aliphatic carboxylic acids is 1. The van der Waals surface area contributed by atoms with Crippen molar-refractivity contribution in [3.8, 4) is 0 Å². The summed E-state index contributed by atoms with van der Waals surface area (Å²) in [6.45, 7) is 0.308. The molecule has 7 heteroatoms. The number of nitrogens with one attached hydrogen (secondary N) is 1. The first-order valence-corrected chi connectivity index (χ1v) is 6.63. The van der Waals surface area contributed by atoms with E-state index in [-0.39, 0.29) is 12.0 Å². The highest BCUT2D eigenvalue weighted by Gasteiger charge is 2.30. The van der Waals surface area contributed by atoms with Gasteiger partial charge in [0.1, 0.15) is 4.60 Å². The summed E-state index contributed by atoms with van der Waals surface area (Å²) in [5, 5.41) is 11.5. The minimum Gasteiger partial charge on any atom is -0.479 e. The van der Waals surface area contributed by atoms with Crippen LogP contribution < -0.4 is 5.32 Å². The standard InChI is InChI=1S/C12H13BrN2O4/c13-10-5-7(3-4-14-10)11(16)15-6-8-1-2-9(19-8)12(17)18/h3-5,8-9H,1-2,6H2,(H,15,16)(H,17,18). The van der Waals surface area contributed by atoms with Crippen molar-refractivity contribution in [1.82, 2.24) is 10.3 Å². The van der Waals surface area contributed by atoms with Crippen LogP contribution in [-0.4, -0.2) is 40.7 Å². The highest BCUT2D eigenvalue weighted by atomic mass is 79.9. The maximum absolute atomic E-state index is 11.8. The first-order chi connectivity index (χ1) is 9.06. The minimum atomic E-state index is -0.952. The van der Waals surface area contributed by atoms with E-state index in [1.807, 2.05) is 0 Å². The van der Waals surface area contributed by atoms with Gasteiger partial charge in [-0.1, -0.05) is 0 Å². The molecule has 1 aliphatic rings. The molecule has 2 atom stereocenters. The summed E-state index contributed by atoms with van der Waals surface area (Å²) in [7, 11) is 0. The number of pyridine rings is 1. The van der Waals surface area contributed by atoms with E-state index in [0.29, 0.717) is 29.6 Å². The van der Waals surface area contributed by atoms with Crippen molar-refractivity contribution in [2.45, 2.75) is 25.0 Å². The number of nitrogens with zero attached hydrogens (tertiary/aromatic N) is 1. The summed E-state index contributed by atoms with van der Waals surface area (Å²) in [5.41, 5.74) is 0.495. The molecule has 0 aromatic carbocycles. The number of carboxylic acid groups (broad SMARTS) is 1. The van der Waals surface area contributed by atoms with Crippen LogP contribution in [0.1, 0.15) is 23.2 Å². The number of ether oxygens (including phenoxy) is 1. The topological polar surface area (TPSA) is 88.5 Å². The van der Waals surface area contributed by atoms with Crippen LogP contribution in [0.3, 0.4) is 0 Å². The largest absolute Gasteiger partial charge is 0.479 e. The molecule has 102 valence electrons. The summed E-state index contributed by atoms with van der Waals surface area (Å²) in [5.74, 6) is -1.18. The molecule has 0 spiro atoms. The van der Waals surface area contributed by atoms with Crippen molar-refractivity contribution in [3.63, 3.8) is 0 Å². The number of carbonyl (C=O) groups excluding carboxylic acids is 1. The van der Waals surface area contributed by atoms with E-state index in [9.17, 15) is 9.59 Å². The molecule has 0 aliphatic carbocycles. The number of aromatic nitrogens is 1. The van der Waals surface area contributed by atoms with E-state index in [1.54, 1.807) is 12.1 Å². The summed E-state index contributed by atoms with van der Waals surface area (Å²) in [6, 6.07) is 3.22. The van der Waals surface area contributed by atoms with Gasteiger partial charge in [0.25, 0.3) is 5.91 Å². The van der Waals surface area contributed by atoms with Crippen molar-refractivity contribution >= 4 is 27.8 Å². The van der Waals surface area contributed by atoms with Gasteiger partial charge in [0.05, 0.1) is 6.10 Å². The molecule has 1 amide bonds. The Balaban J connectivity index is 1.83. The van der Waals surface area contributed by atoms with E-state index < -0.39 is 12.1 Å². The lowest BCUT2D eigenvalue weighted by atomic mass is 10.2. The van der Waals surface area contributed by atoms with Crippen molar-refractivity contribution in [2.75, 3.05) is 6.54 Å². The molecular weight excluding hydrogens is 316 g/mol. The SMILES string of the molecule is O=C(NCC1CCC(C(=O)O)O1)c1ccnc(Br)c1. The Hall–Kier alpha value is -1.47. The molecule has 0 bridgehead atoms. The van der Waals surface area contributed by atoms with Crippen LogP contribution in [-0.2, 0) is 9.53 Å². The van der Waals surface area contributed by atoms with Gasteiger partial charge in [-0.15, -0.1) is 0 Å². The van der Waals surface area contributed by atoms with E-state index in [1.165, 1.54) is 6.20 Å². The molecule has 2 N–H and O–H groups in total. The number of halogens is 1. The molecule has 1 aromatic heterocycles. The van der Waals surface area contributed by atoms with Crippen LogP contribution in [0.15, 0.2) is 22.9 Å². The van der Waals surface area contributed by atoms with Crippen molar-refractivity contribution in [2.24, 2.45) is 0 Å². The van der Waals surface area contributed by atoms with Crippen LogP contribution in [0, 0.1) is 0 Å².